The molecule has 27 heavy (non-hydrogen) atoms. The molecule has 0 spiro atoms. The molecular formula is C27H26. The Balaban J connectivity index is 1.78. The molecule has 0 bridgehead atoms. The van der Waals surface area contributed by atoms with Gasteiger partial charge >= 0.3 is 0 Å². The first kappa shape index (κ1) is 16.6. The molecule has 0 nitrogen and oxygen atoms in total. The molecule has 0 saturated carbocycles. The molecule has 3 aliphatic carbocycles. The third kappa shape index (κ3) is 2.51. The first-order chi connectivity index (χ1) is 13.3. The fraction of sp³-hybridized carbons (Fsp3) is 0.259. The zero-order valence-corrected chi connectivity index (χ0v) is 16.0. The Morgan fingerprint density at radius 2 is 1.48 bits per heavy atom. The van der Waals surface area contributed by atoms with Gasteiger partial charge in [-0.1, -0.05) is 91.9 Å². The van der Waals surface area contributed by atoms with E-state index in [4.69, 9.17) is 0 Å². The average Bonchev–Trinajstić information content (AvgIpc) is 2.75. The van der Waals surface area contributed by atoms with E-state index < -0.39 is 0 Å². The van der Waals surface area contributed by atoms with Crippen LogP contribution in [0.2, 0.25) is 0 Å². The van der Waals surface area contributed by atoms with E-state index in [1.807, 2.05) is 0 Å². The van der Waals surface area contributed by atoms with Crippen LogP contribution in [0.1, 0.15) is 49.7 Å². The molecule has 3 aliphatic rings. The van der Waals surface area contributed by atoms with Crippen molar-refractivity contribution in [1.82, 2.24) is 0 Å². The summed E-state index contributed by atoms with van der Waals surface area (Å²) in [6.07, 6.45) is 23.9. The van der Waals surface area contributed by atoms with Crippen molar-refractivity contribution in [2.24, 2.45) is 5.41 Å². The van der Waals surface area contributed by atoms with Gasteiger partial charge in [-0.2, -0.15) is 0 Å². The maximum absolute atomic E-state index is 2.48. The van der Waals surface area contributed by atoms with Gasteiger partial charge in [-0.3, -0.25) is 0 Å². The van der Waals surface area contributed by atoms with Crippen LogP contribution in [0.4, 0.5) is 0 Å². The molecule has 1 atom stereocenters. The Morgan fingerprint density at radius 1 is 0.778 bits per heavy atom. The van der Waals surface area contributed by atoms with E-state index in [-0.39, 0.29) is 5.41 Å². The lowest BCUT2D eigenvalue weighted by Crippen LogP contribution is -2.32. The highest BCUT2D eigenvalue weighted by atomic mass is 14.5. The predicted molar refractivity (Wildman–Crippen MR) is 117 cm³/mol. The fourth-order valence-electron chi connectivity index (χ4n) is 5.23. The van der Waals surface area contributed by atoms with Gasteiger partial charge in [-0.25, -0.2) is 0 Å². The minimum absolute atomic E-state index is 0.0645. The molecule has 0 saturated heterocycles. The molecule has 0 aliphatic heterocycles. The summed E-state index contributed by atoms with van der Waals surface area (Å²) in [5.41, 5.74) is 5.74. The van der Waals surface area contributed by atoms with Crippen molar-refractivity contribution in [3.05, 3.63) is 101 Å². The first-order valence-electron chi connectivity index (χ1n) is 10.3. The average molecular weight is 351 g/mol. The molecule has 2 aromatic rings. The quantitative estimate of drug-likeness (QED) is 0.525. The van der Waals surface area contributed by atoms with Gasteiger partial charge in [-0.05, 0) is 64.6 Å². The molecular weight excluding hydrogens is 324 g/mol. The summed E-state index contributed by atoms with van der Waals surface area (Å²) >= 11 is 0. The largest absolute Gasteiger partial charge is 0.0839 e. The Labute approximate surface area is 162 Å². The van der Waals surface area contributed by atoms with E-state index in [1.165, 1.54) is 33.0 Å². The molecule has 0 amide bonds. The maximum Gasteiger partial charge on any atom is 0.0444 e. The summed E-state index contributed by atoms with van der Waals surface area (Å²) in [5, 5.41) is 2.74. The molecule has 5 rings (SSSR count). The van der Waals surface area contributed by atoms with E-state index in [0.717, 1.165) is 25.7 Å². The summed E-state index contributed by atoms with van der Waals surface area (Å²) < 4.78 is 0. The van der Waals surface area contributed by atoms with E-state index in [1.54, 1.807) is 0 Å². The molecule has 0 radical (unpaired) electrons. The summed E-state index contributed by atoms with van der Waals surface area (Å²) in [4.78, 5) is 0. The zero-order chi connectivity index (χ0) is 18.3. The highest BCUT2D eigenvalue weighted by Crippen LogP contribution is 2.55. The maximum atomic E-state index is 2.48. The van der Waals surface area contributed by atoms with Crippen molar-refractivity contribution >= 4 is 16.8 Å². The lowest BCUT2D eigenvalue weighted by molar-refractivity contribution is 0.463. The van der Waals surface area contributed by atoms with E-state index in [9.17, 15) is 0 Å². The number of benzene rings is 2. The summed E-state index contributed by atoms with van der Waals surface area (Å²) in [5.74, 6) is 0.395. The van der Waals surface area contributed by atoms with Gasteiger partial charge < -0.3 is 0 Å². The highest BCUT2D eigenvalue weighted by molar-refractivity contribution is 5.90. The van der Waals surface area contributed by atoms with Crippen LogP contribution in [0.3, 0.4) is 0 Å². The van der Waals surface area contributed by atoms with E-state index in [0.29, 0.717) is 5.92 Å². The Kier molecular flexibility index (Phi) is 4.01. The molecule has 134 valence electrons. The van der Waals surface area contributed by atoms with Crippen LogP contribution >= 0.6 is 0 Å². The van der Waals surface area contributed by atoms with Gasteiger partial charge in [0.05, 0.1) is 0 Å². The molecule has 0 heteroatoms. The smallest absolute Gasteiger partial charge is 0.0444 e. The number of hydrogen-bond donors (Lipinski definition) is 0. The molecule has 0 N–H and O–H groups in total. The SMILES string of the molecule is CC1c2c(ccc3ccccc23)C=CC1(C1=CCCC=C1)C1=CCCC=C1. The fourth-order valence-corrected chi connectivity index (χ4v) is 5.23. The van der Waals surface area contributed by atoms with Crippen LogP contribution in [0.15, 0.2) is 90.1 Å². The van der Waals surface area contributed by atoms with Crippen molar-refractivity contribution < 1.29 is 0 Å². The molecule has 0 aromatic heterocycles. The summed E-state index contributed by atoms with van der Waals surface area (Å²) in [7, 11) is 0. The van der Waals surface area contributed by atoms with Crippen molar-refractivity contribution in [3.8, 4) is 0 Å². The predicted octanol–water partition coefficient (Wildman–Crippen LogP) is 7.51. The third-order valence-electron chi connectivity index (χ3n) is 6.59. The number of rotatable bonds is 2. The summed E-state index contributed by atoms with van der Waals surface area (Å²) in [6, 6.07) is 13.4. The van der Waals surface area contributed by atoms with E-state index >= 15 is 0 Å². The zero-order valence-electron chi connectivity index (χ0n) is 16.0. The third-order valence-corrected chi connectivity index (χ3v) is 6.59. The van der Waals surface area contributed by atoms with Crippen molar-refractivity contribution in [1.29, 1.82) is 0 Å². The Morgan fingerprint density at radius 3 is 2.15 bits per heavy atom. The van der Waals surface area contributed by atoms with Gasteiger partial charge in [0.15, 0.2) is 0 Å². The van der Waals surface area contributed by atoms with Crippen LogP contribution < -0.4 is 0 Å². The van der Waals surface area contributed by atoms with Crippen LogP contribution in [-0.4, -0.2) is 0 Å². The summed E-state index contributed by atoms with van der Waals surface area (Å²) in [6.45, 7) is 2.43. The number of fused-ring (bicyclic) bond motifs is 3. The van der Waals surface area contributed by atoms with Crippen LogP contribution in [0.25, 0.3) is 16.8 Å². The first-order valence-corrected chi connectivity index (χ1v) is 10.3. The van der Waals surface area contributed by atoms with Crippen LogP contribution in [0, 0.1) is 5.41 Å². The van der Waals surface area contributed by atoms with Gasteiger partial charge in [0, 0.05) is 5.41 Å². The van der Waals surface area contributed by atoms with Gasteiger partial charge in [0.25, 0.3) is 0 Å². The highest BCUT2D eigenvalue weighted by Gasteiger charge is 2.43. The second-order valence-electron chi connectivity index (χ2n) is 7.99. The molecule has 0 heterocycles. The lowest BCUT2D eigenvalue weighted by Gasteiger charge is -2.44. The van der Waals surface area contributed by atoms with Crippen molar-refractivity contribution in [2.75, 3.05) is 0 Å². The van der Waals surface area contributed by atoms with Crippen LogP contribution in [-0.2, 0) is 0 Å². The van der Waals surface area contributed by atoms with Gasteiger partial charge in [0.2, 0.25) is 0 Å². The topological polar surface area (TPSA) is 0 Å². The lowest BCUT2D eigenvalue weighted by atomic mass is 9.58. The minimum atomic E-state index is -0.0645. The minimum Gasteiger partial charge on any atom is -0.0839 e. The normalized spacial score (nSPS) is 23.1. The number of allylic oxidation sites excluding steroid dienone is 9. The molecule has 1 unspecified atom stereocenters. The van der Waals surface area contributed by atoms with Crippen molar-refractivity contribution in [2.45, 2.75) is 38.5 Å². The Bertz CT molecular complexity index is 1010. The Hall–Kier alpha value is -2.60. The number of hydrogen-bond acceptors (Lipinski definition) is 0. The van der Waals surface area contributed by atoms with Gasteiger partial charge in [-0.15, -0.1) is 0 Å². The van der Waals surface area contributed by atoms with E-state index in [2.05, 4.69) is 91.9 Å². The standard InChI is InChI=1S/C27H26/c1-20-26-22(17-16-21-10-8-9-15-25(21)26)18-19-27(20,23-11-4-2-5-12-23)24-13-6-3-7-14-24/h4,6,8-20H,2-3,5,7H2,1H3. The molecule has 2 aromatic carbocycles. The van der Waals surface area contributed by atoms with Crippen molar-refractivity contribution in [3.63, 3.8) is 0 Å². The molecule has 0 fully saturated rings. The van der Waals surface area contributed by atoms with Crippen LogP contribution in [0.5, 0.6) is 0 Å². The monoisotopic (exact) mass is 350 g/mol. The van der Waals surface area contributed by atoms with Gasteiger partial charge in [0.1, 0.15) is 0 Å². The second-order valence-corrected chi connectivity index (χ2v) is 7.99. The second kappa shape index (κ2) is 6.53.